The Morgan fingerprint density at radius 1 is 1.35 bits per heavy atom. The summed E-state index contributed by atoms with van der Waals surface area (Å²) in [7, 11) is 1.73. The molecule has 1 aromatic carbocycles. The van der Waals surface area contributed by atoms with Gasteiger partial charge in [0.1, 0.15) is 11.6 Å². The third-order valence-electron chi connectivity index (χ3n) is 2.17. The molecule has 1 heterocycles. The molecule has 0 saturated carbocycles. The Balaban J connectivity index is 2.01. The molecule has 0 aliphatic heterocycles. The molecule has 0 unspecified atom stereocenters. The highest BCUT2D eigenvalue weighted by Gasteiger charge is 2.05. The predicted molar refractivity (Wildman–Crippen MR) is 64.0 cm³/mol. The van der Waals surface area contributed by atoms with Gasteiger partial charge < -0.3 is 10.4 Å². The molecule has 6 heteroatoms. The van der Waals surface area contributed by atoms with Gasteiger partial charge in [0.15, 0.2) is 0 Å². The number of rotatable bonds is 2. The lowest BCUT2D eigenvalue weighted by Gasteiger charge is -2.07. The van der Waals surface area contributed by atoms with E-state index in [4.69, 9.17) is 0 Å². The normalized spacial score (nSPS) is 9.94. The minimum atomic E-state index is -0.390. The van der Waals surface area contributed by atoms with E-state index >= 15 is 0 Å². The van der Waals surface area contributed by atoms with Gasteiger partial charge in [0.25, 0.3) is 0 Å². The van der Waals surface area contributed by atoms with Crippen molar-refractivity contribution in [3.8, 4) is 5.75 Å². The number of hydrogen-bond acceptors (Lipinski definition) is 3. The lowest BCUT2D eigenvalue weighted by Crippen LogP contribution is -2.20. The van der Waals surface area contributed by atoms with E-state index in [1.54, 1.807) is 36.1 Å². The first-order chi connectivity index (χ1) is 8.15. The average molecular weight is 232 g/mol. The SMILES string of the molecule is Cn1nccc1NC(=O)Nc1cccc(O)c1. The second-order valence-corrected chi connectivity index (χ2v) is 3.47. The number of aromatic nitrogens is 2. The molecule has 2 aromatic rings. The molecular weight excluding hydrogens is 220 g/mol. The number of nitrogens with one attached hydrogen (secondary N) is 2. The van der Waals surface area contributed by atoms with Crippen LogP contribution < -0.4 is 10.6 Å². The molecule has 0 spiro atoms. The number of phenols is 1. The molecule has 1 aromatic heterocycles. The molecule has 0 aliphatic rings. The van der Waals surface area contributed by atoms with Crippen molar-refractivity contribution in [2.75, 3.05) is 10.6 Å². The fourth-order valence-corrected chi connectivity index (χ4v) is 1.36. The molecule has 0 aliphatic carbocycles. The van der Waals surface area contributed by atoms with Crippen molar-refractivity contribution in [2.24, 2.45) is 7.05 Å². The number of amides is 2. The summed E-state index contributed by atoms with van der Waals surface area (Å²) in [6.45, 7) is 0. The van der Waals surface area contributed by atoms with Crippen molar-refractivity contribution in [3.63, 3.8) is 0 Å². The number of aryl methyl sites for hydroxylation is 1. The van der Waals surface area contributed by atoms with Gasteiger partial charge in [-0.05, 0) is 12.1 Å². The predicted octanol–water partition coefficient (Wildman–Crippen LogP) is 1.77. The summed E-state index contributed by atoms with van der Waals surface area (Å²) < 4.78 is 1.54. The molecule has 0 atom stereocenters. The van der Waals surface area contributed by atoms with Gasteiger partial charge in [0.2, 0.25) is 0 Å². The number of phenolic OH excluding ortho intramolecular Hbond substituents is 1. The van der Waals surface area contributed by atoms with Crippen LogP contribution in [0.25, 0.3) is 0 Å². The second kappa shape index (κ2) is 4.56. The van der Waals surface area contributed by atoms with Crippen LogP contribution >= 0.6 is 0 Å². The third kappa shape index (κ3) is 2.75. The minimum absolute atomic E-state index is 0.100. The number of urea groups is 1. The maximum absolute atomic E-state index is 11.6. The monoisotopic (exact) mass is 232 g/mol. The fraction of sp³-hybridized carbons (Fsp3) is 0.0909. The smallest absolute Gasteiger partial charge is 0.324 e. The number of nitrogens with zero attached hydrogens (tertiary/aromatic N) is 2. The number of carbonyl (C=O) groups excluding carboxylic acids is 1. The van der Waals surface area contributed by atoms with Gasteiger partial charge in [-0.1, -0.05) is 6.07 Å². The van der Waals surface area contributed by atoms with E-state index in [9.17, 15) is 9.90 Å². The molecule has 0 bridgehead atoms. The van der Waals surface area contributed by atoms with Crippen LogP contribution in [-0.2, 0) is 7.05 Å². The van der Waals surface area contributed by atoms with Crippen molar-refractivity contribution in [3.05, 3.63) is 36.5 Å². The quantitative estimate of drug-likeness (QED) is 0.738. The number of benzene rings is 1. The molecule has 0 fully saturated rings. The number of carbonyl (C=O) groups is 1. The second-order valence-electron chi connectivity index (χ2n) is 3.47. The zero-order chi connectivity index (χ0) is 12.3. The Kier molecular flexibility index (Phi) is 2.95. The summed E-state index contributed by atoms with van der Waals surface area (Å²) >= 11 is 0. The van der Waals surface area contributed by atoms with E-state index in [2.05, 4.69) is 15.7 Å². The average Bonchev–Trinajstić information content (AvgIpc) is 2.64. The topological polar surface area (TPSA) is 79.2 Å². The zero-order valence-corrected chi connectivity index (χ0v) is 9.21. The van der Waals surface area contributed by atoms with Crippen LogP contribution in [0, 0.1) is 0 Å². The zero-order valence-electron chi connectivity index (χ0n) is 9.21. The van der Waals surface area contributed by atoms with Crippen LogP contribution in [0.15, 0.2) is 36.5 Å². The molecule has 2 amide bonds. The largest absolute Gasteiger partial charge is 0.508 e. The van der Waals surface area contributed by atoms with Gasteiger partial charge >= 0.3 is 6.03 Å². The Morgan fingerprint density at radius 3 is 2.82 bits per heavy atom. The van der Waals surface area contributed by atoms with Gasteiger partial charge in [0, 0.05) is 24.9 Å². The number of aromatic hydroxyl groups is 1. The van der Waals surface area contributed by atoms with Crippen molar-refractivity contribution in [1.29, 1.82) is 0 Å². The Bertz CT molecular complexity index is 536. The van der Waals surface area contributed by atoms with E-state index < -0.39 is 0 Å². The molecule has 88 valence electrons. The molecule has 0 saturated heterocycles. The number of hydrogen-bond donors (Lipinski definition) is 3. The Hall–Kier alpha value is -2.50. The molecular formula is C11H12N4O2. The summed E-state index contributed by atoms with van der Waals surface area (Å²) in [4.78, 5) is 11.6. The van der Waals surface area contributed by atoms with Crippen molar-refractivity contribution < 1.29 is 9.90 Å². The summed E-state index contributed by atoms with van der Waals surface area (Å²) in [6, 6.07) is 7.62. The minimum Gasteiger partial charge on any atom is -0.508 e. The van der Waals surface area contributed by atoms with Crippen LogP contribution in [-0.4, -0.2) is 20.9 Å². The lowest BCUT2D eigenvalue weighted by molar-refractivity contribution is 0.262. The Morgan fingerprint density at radius 2 is 2.18 bits per heavy atom. The molecule has 17 heavy (non-hydrogen) atoms. The van der Waals surface area contributed by atoms with Crippen LogP contribution in [0.2, 0.25) is 0 Å². The van der Waals surface area contributed by atoms with Gasteiger partial charge in [-0.3, -0.25) is 10.00 Å². The molecule has 6 nitrogen and oxygen atoms in total. The van der Waals surface area contributed by atoms with Crippen molar-refractivity contribution >= 4 is 17.5 Å². The van der Waals surface area contributed by atoms with Crippen LogP contribution in [0.3, 0.4) is 0 Å². The molecule has 2 rings (SSSR count). The van der Waals surface area contributed by atoms with E-state index in [1.165, 1.54) is 12.1 Å². The standard InChI is InChI=1S/C11H12N4O2/c1-15-10(5-6-12-15)14-11(17)13-8-3-2-4-9(16)7-8/h2-7,16H,1H3,(H2,13,14,17). The number of anilines is 2. The van der Waals surface area contributed by atoms with Gasteiger partial charge in [-0.15, -0.1) is 0 Å². The molecule has 3 N–H and O–H groups in total. The van der Waals surface area contributed by atoms with Crippen molar-refractivity contribution in [2.45, 2.75) is 0 Å². The highest BCUT2D eigenvalue weighted by atomic mass is 16.3. The van der Waals surface area contributed by atoms with Gasteiger partial charge in [-0.25, -0.2) is 4.79 Å². The van der Waals surface area contributed by atoms with Crippen LogP contribution in [0.4, 0.5) is 16.3 Å². The maximum atomic E-state index is 11.6. The fourth-order valence-electron chi connectivity index (χ4n) is 1.36. The lowest BCUT2D eigenvalue weighted by atomic mass is 10.3. The van der Waals surface area contributed by atoms with Crippen LogP contribution in [0.5, 0.6) is 5.75 Å². The van der Waals surface area contributed by atoms with E-state index in [-0.39, 0.29) is 11.8 Å². The summed E-state index contributed by atoms with van der Waals surface area (Å²) in [5, 5.41) is 18.4. The first-order valence-corrected chi connectivity index (χ1v) is 5.00. The summed E-state index contributed by atoms with van der Waals surface area (Å²) in [5.41, 5.74) is 0.518. The summed E-state index contributed by atoms with van der Waals surface area (Å²) in [6.07, 6.45) is 1.59. The van der Waals surface area contributed by atoms with Crippen molar-refractivity contribution in [1.82, 2.24) is 9.78 Å². The Labute approximate surface area is 97.9 Å². The highest BCUT2D eigenvalue weighted by Crippen LogP contribution is 2.15. The van der Waals surface area contributed by atoms with E-state index in [1.807, 2.05) is 0 Å². The van der Waals surface area contributed by atoms with Gasteiger partial charge in [-0.2, -0.15) is 5.10 Å². The first kappa shape index (κ1) is 11.0. The summed E-state index contributed by atoms with van der Waals surface area (Å²) in [5.74, 6) is 0.686. The third-order valence-corrected chi connectivity index (χ3v) is 2.17. The van der Waals surface area contributed by atoms with E-state index in [0.717, 1.165) is 0 Å². The van der Waals surface area contributed by atoms with E-state index in [0.29, 0.717) is 11.5 Å². The highest BCUT2D eigenvalue weighted by molar-refractivity contribution is 5.99. The van der Waals surface area contributed by atoms with Crippen LogP contribution in [0.1, 0.15) is 0 Å². The van der Waals surface area contributed by atoms with Gasteiger partial charge in [0.05, 0.1) is 6.20 Å². The first-order valence-electron chi connectivity index (χ1n) is 5.00. The maximum Gasteiger partial charge on any atom is 0.324 e. The molecule has 0 radical (unpaired) electrons.